The first-order chi connectivity index (χ1) is 10.1. The largest absolute Gasteiger partial charge is 0.497 e. The summed E-state index contributed by atoms with van der Waals surface area (Å²) in [5, 5.41) is 3.38. The third-order valence-corrected chi connectivity index (χ3v) is 3.67. The quantitative estimate of drug-likeness (QED) is 0.892. The molecule has 0 saturated carbocycles. The van der Waals surface area contributed by atoms with Crippen LogP contribution in [0.5, 0.6) is 5.75 Å². The van der Waals surface area contributed by atoms with Crippen LogP contribution in [-0.2, 0) is 0 Å². The lowest BCUT2D eigenvalue weighted by Gasteiger charge is -2.22. The third kappa shape index (κ3) is 3.42. The maximum atomic E-state index is 14.4. The van der Waals surface area contributed by atoms with Gasteiger partial charge in [0.25, 0.3) is 0 Å². The summed E-state index contributed by atoms with van der Waals surface area (Å²) >= 11 is 0. The first kappa shape index (κ1) is 15.5. The average Bonchev–Trinajstić information content (AvgIpc) is 2.48. The highest BCUT2D eigenvalue weighted by molar-refractivity contribution is 5.41. The van der Waals surface area contributed by atoms with Crippen LogP contribution in [0.15, 0.2) is 36.4 Å². The fourth-order valence-corrected chi connectivity index (χ4v) is 2.53. The zero-order valence-corrected chi connectivity index (χ0v) is 13.0. The maximum absolute atomic E-state index is 14.4. The molecule has 21 heavy (non-hydrogen) atoms. The summed E-state index contributed by atoms with van der Waals surface area (Å²) in [7, 11) is 1.54. The van der Waals surface area contributed by atoms with E-state index in [1.165, 1.54) is 11.6 Å². The van der Waals surface area contributed by atoms with Crippen molar-refractivity contribution >= 4 is 0 Å². The standard InChI is InChI=1S/C18H22FNO/c1-5-20-18(16-10-12(2)6-7-13(16)3)15-9-8-14(21-4)11-17(15)19/h6-11,18,20H,5H2,1-4H3. The van der Waals surface area contributed by atoms with Gasteiger partial charge in [-0.15, -0.1) is 0 Å². The highest BCUT2D eigenvalue weighted by Crippen LogP contribution is 2.29. The average molecular weight is 287 g/mol. The number of hydrogen-bond acceptors (Lipinski definition) is 2. The summed E-state index contributed by atoms with van der Waals surface area (Å²) < 4.78 is 19.5. The van der Waals surface area contributed by atoms with Crippen molar-refractivity contribution < 1.29 is 9.13 Å². The Bertz CT molecular complexity index is 625. The van der Waals surface area contributed by atoms with Crippen LogP contribution in [0.2, 0.25) is 0 Å². The van der Waals surface area contributed by atoms with Gasteiger partial charge in [0.15, 0.2) is 0 Å². The van der Waals surface area contributed by atoms with Gasteiger partial charge in [-0.2, -0.15) is 0 Å². The lowest BCUT2D eigenvalue weighted by molar-refractivity contribution is 0.410. The number of rotatable bonds is 5. The smallest absolute Gasteiger partial charge is 0.132 e. The second-order valence-corrected chi connectivity index (χ2v) is 5.24. The second kappa shape index (κ2) is 6.72. The van der Waals surface area contributed by atoms with Crippen LogP contribution in [0.25, 0.3) is 0 Å². The maximum Gasteiger partial charge on any atom is 0.132 e. The highest BCUT2D eigenvalue weighted by atomic mass is 19.1. The number of hydrogen-bond donors (Lipinski definition) is 1. The molecule has 0 aliphatic rings. The van der Waals surface area contributed by atoms with E-state index in [1.807, 2.05) is 6.92 Å². The number of nitrogens with one attached hydrogen (secondary N) is 1. The molecule has 0 radical (unpaired) electrons. The molecule has 0 saturated heterocycles. The van der Waals surface area contributed by atoms with E-state index in [1.54, 1.807) is 19.2 Å². The van der Waals surface area contributed by atoms with Crippen molar-refractivity contribution in [2.45, 2.75) is 26.8 Å². The van der Waals surface area contributed by atoms with Gasteiger partial charge in [-0.1, -0.05) is 36.8 Å². The monoisotopic (exact) mass is 287 g/mol. The predicted molar refractivity (Wildman–Crippen MR) is 84.4 cm³/mol. The minimum Gasteiger partial charge on any atom is -0.497 e. The first-order valence-corrected chi connectivity index (χ1v) is 7.20. The number of ether oxygens (including phenoxy) is 1. The van der Waals surface area contributed by atoms with Crippen molar-refractivity contribution in [3.63, 3.8) is 0 Å². The summed E-state index contributed by atoms with van der Waals surface area (Å²) in [5.74, 6) is 0.286. The van der Waals surface area contributed by atoms with Gasteiger partial charge in [0.05, 0.1) is 13.2 Å². The molecule has 3 heteroatoms. The molecule has 0 aliphatic heterocycles. The van der Waals surface area contributed by atoms with Crippen LogP contribution in [0.4, 0.5) is 4.39 Å². The fraction of sp³-hybridized carbons (Fsp3) is 0.333. The van der Waals surface area contributed by atoms with Gasteiger partial charge in [-0.05, 0) is 37.6 Å². The Balaban J connectivity index is 2.50. The molecule has 0 aromatic heterocycles. The van der Waals surface area contributed by atoms with Gasteiger partial charge in [0.1, 0.15) is 11.6 Å². The van der Waals surface area contributed by atoms with E-state index in [0.717, 1.165) is 17.7 Å². The summed E-state index contributed by atoms with van der Waals surface area (Å²) in [6.07, 6.45) is 0. The Hall–Kier alpha value is -1.87. The predicted octanol–water partition coefficient (Wildman–Crippen LogP) is 4.15. The second-order valence-electron chi connectivity index (χ2n) is 5.24. The SMILES string of the molecule is CCNC(c1cc(C)ccc1C)c1ccc(OC)cc1F. The van der Waals surface area contributed by atoms with E-state index in [2.05, 4.69) is 37.4 Å². The third-order valence-electron chi connectivity index (χ3n) is 3.67. The normalized spacial score (nSPS) is 12.2. The highest BCUT2D eigenvalue weighted by Gasteiger charge is 2.19. The van der Waals surface area contributed by atoms with Crippen molar-refractivity contribution in [2.24, 2.45) is 0 Å². The Morgan fingerprint density at radius 2 is 1.86 bits per heavy atom. The Morgan fingerprint density at radius 3 is 2.48 bits per heavy atom. The molecule has 2 aromatic rings. The number of halogens is 1. The van der Waals surface area contributed by atoms with E-state index in [0.29, 0.717) is 11.3 Å². The van der Waals surface area contributed by atoms with Crippen LogP contribution >= 0.6 is 0 Å². The lowest BCUT2D eigenvalue weighted by Crippen LogP contribution is -2.24. The molecule has 1 N–H and O–H groups in total. The Morgan fingerprint density at radius 1 is 1.10 bits per heavy atom. The van der Waals surface area contributed by atoms with Crippen LogP contribution < -0.4 is 10.1 Å². The zero-order valence-electron chi connectivity index (χ0n) is 13.0. The molecule has 1 atom stereocenters. The van der Waals surface area contributed by atoms with Gasteiger partial charge in [0.2, 0.25) is 0 Å². The summed E-state index contributed by atoms with van der Waals surface area (Å²) in [6, 6.07) is 11.2. The number of aryl methyl sites for hydroxylation is 2. The topological polar surface area (TPSA) is 21.3 Å². The van der Waals surface area contributed by atoms with Gasteiger partial charge in [0, 0.05) is 11.6 Å². The fourth-order valence-electron chi connectivity index (χ4n) is 2.53. The summed E-state index contributed by atoms with van der Waals surface area (Å²) in [5.41, 5.74) is 4.08. The minimum absolute atomic E-state index is 0.152. The van der Waals surface area contributed by atoms with E-state index in [4.69, 9.17) is 4.74 Å². The van der Waals surface area contributed by atoms with E-state index >= 15 is 0 Å². The van der Waals surface area contributed by atoms with Crippen LogP contribution in [0, 0.1) is 19.7 Å². The van der Waals surface area contributed by atoms with E-state index < -0.39 is 0 Å². The molecule has 0 heterocycles. The molecule has 0 fully saturated rings. The van der Waals surface area contributed by atoms with Crippen LogP contribution in [0.3, 0.4) is 0 Å². The molecule has 1 unspecified atom stereocenters. The van der Waals surface area contributed by atoms with Crippen LogP contribution in [0.1, 0.15) is 35.2 Å². The molecule has 2 nitrogen and oxygen atoms in total. The molecular weight excluding hydrogens is 265 g/mol. The zero-order chi connectivity index (χ0) is 15.4. The molecular formula is C18H22FNO. The summed E-state index contributed by atoms with van der Waals surface area (Å²) in [6.45, 7) is 6.90. The van der Waals surface area contributed by atoms with Crippen molar-refractivity contribution in [3.05, 3.63) is 64.5 Å². The summed E-state index contributed by atoms with van der Waals surface area (Å²) in [4.78, 5) is 0. The number of benzene rings is 2. The van der Waals surface area contributed by atoms with Crippen molar-refractivity contribution in [3.8, 4) is 5.75 Å². The minimum atomic E-state index is -0.249. The first-order valence-electron chi connectivity index (χ1n) is 7.20. The van der Waals surface area contributed by atoms with Gasteiger partial charge in [-0.25, -0.2) is 4.39 Å². The Kier molecular flexibility index (Phi) is 4.97. The van der Waals surface area contributed by atoms with Gasteiger partial charge in [-0.3, -0.25) is 0 Å². The molecule has 2 rings (SSSR count). The van der Waals surface area contributed by atoms with Crippen molar-refractivity contribution in [1.82, 2.24) is 5.32 Å². The molecule has 0 bridgehead atoms. The van der Waals surface area contributed by atoms with Crippen LogP contribution in [-0.4, -0.2) is 13.7 Å². The van der Waals surface area contributed by atoms with Gasteiger partial charge < -0.3 is 10.1 Å². The number of methoxy groups -OCH3 is 1. The van der Waals surface area contributed by atoms with Gasteiger partial charge >= 0.3 is 0 Å². The van der Waals surface area contributed by atoms with Crippen molar-refractivity contribution in [2.75, 3.05) is 13.7 Å². The van der Waals surface area contributed by atoms with Crippen molar-refractivity contribution in [1.29, 1.82) is 0 Å². The van der Waals surface area contributed by atoms with E-state index in [9.17, 15) is 4.39 Å². The van der Waals surface area contributed by atoms with E-state index in [-0.39, 0.29) is 11.9 Å². The molecule has 0 aliphatic carbocycles. The molecule has 2 aromatic carbocycles. The lowest BCUT2D eigenvalue weighted by atomic mass is 9.93. The Labute approximate surface area is 126 Å². The molecule has 0 spiro atoms. The molecule has 112 valence electrons. The molecule has 0 amide bonds.